The Morgan fingerprint density at radius 2 is 2.47 bits per heavy atom. The third kappa shape index (κ3) is 3.54. The van der Waals surface area contributed by atoms with E-state index in [1.165, 1.54) is 7.11 Å². The van der Waals surface area contributed by atoms with Crippen molar-refractivity contribution in [2.75, 3.05) is 19.6 Å². The molecule has 0 aliphatic heterocycles. The Kier molecular flexibility index (Phi) is 5.11. The number of carbonyl (C=O) groups excluding carboxylic acids is 1. The lowest BCUT2D eigenvalue weighted by Gasteiger charge is -2.17. The molecule has 7 heteroatoms. The van der Waals surface area contributed by atoms with Crippen LogP contribution < -0.4 is 10.1 Å². The van der Waals surface area contributed by atoms with Crippen LogP contribution in [0.1, 0.15) is 11.6 Å². The summed E-state index contributed by atoms with van der Waals surface area (Å²) in [5.41, 5.74) is 0.258. The molecule has 0 fully saturated rings. The molecule has 1 atom stereocenters. The Balaban J connectivity index is 3.01. The lowest BCUT2D eigenvalue weighted by atomic mass is 10.1. The summed E-state index contributed by atoms with van der Waals surface area (Å²) in [6, 6.07) is 0.334. The van der Waals surface area contributed by atoms with Gasteiger partial charge in [0.15, 0.2) is 0 Å². The van der Waals surface area contributed by atoms with Gasteiger partial charge in [0, 0.05) is 5.56 Å². The van der Waals surface area contributed by atoms with Crippen molar-refractivity contribution in [1.29, 1.82) is 0 Å². The summed E-state index contributed by atoms with van der Waals surface area (Å²) in [4.78, 5) is 14.8. The van der Waals surface area contributed by atoms with E-state index in [0.29, 0.717) is 0 Å². The SMILES string of the molecule is COc1ncc(F)cc1C(CO)NC(=O)CCl. The molecule has 0 saturated heterocycles. The molecule has 94 valence electrons. The number of amides is 1. The number of aliphatic hydroxyl groups is 1. The van der Waals surface area contributed by atoms with Crippen molar-refractivity contribution in [2.24, 2.45) is 0 Å². The zero-order valence-corrected chi connectivity index (χ0v) is 9.87. The second-order valence-corrected chi connectivity index (χ2v) is 3.46. The number of aliphatic hydroxyl groups excluding tert-OH is 1. The van der Waals surface area contributed by atoms with Gasteiger partial charge in [-0.05, 0) is 6.07 Å². The molecule has 1 rings (SSSR count). The number of methoxy groups -OCH3 is 1. The fourth-order valence-electron chi connectivity index (χ4n) is 1.32. The van der Waals surface area contributed by atoms with E-state index < -0.39 is 24.4 Å². The highest BCUT2D eigenvalue weighted by Gasteiger charge is 2.19. The molecular weight excluding hydrogens is 251 g/mol. The number of pyridine rings is 1. The number of carbonyl (C=O) groups is 1. The molecule has 0 saturated carbocycles. The van der Waals surface area contributed by atoms with Crippen LogP contribution in [0.25, 0.3) is 0 Å². The van der Waals surface area contributed by atoms with E-state index in [0.717, 1.165) is 12.3 Å². The molecule has 2 N–H and O–H groups in total. The van der Waals surface area contributed by atoms with Crippen LogP contribution in [-0.4, -0.2) is 35.6 Å². The van der Waals surface area contributed by atoms with Crippen LogP contribution in [0.5, 0.6) is 5.88 Å². The van der Waals surface area contributed by atoms with Gasteiger partial charge < -0.3 is 15.2 Å². The van der Waals surface area contributed by atoms with Crippen LogP contribution in [-0.2, 0) is 4.79 Å². The van der Waals surface area contributed by atoms with Gasteiger partial charge >= 0.3 is 0 Å². The van der Waals surface area contributed by atoms with E-state index in [4.69, 9.17) is 16.3 Å². The van der Waals surface area contributed by atoms with Crippen LogP contribution in [0.2, 0.25) is 0 Å². The zero-order valence-electron chi connectivity index (χ0n) is 9.11. The van der Waals surface area contributed by atoms with E-state index in [9.17, 15) is 14.3 Å². The zero-order chi connectivity index (χ0) is 12.8. The number of aromatic nitrogens is 1. The fraction of sp³-hybridized carbons (Fsp3) is 0.400. The van der Waals surface area contributed by atoms with Crippen LogP contribution >= 0.6 is 11.6 Å². The summed E-state index contributed by atoms with van der Waals surface area (Å²) >= 11 is 5.33. The third-order valence-corrected chi connectivity index (χ3v) is 2.30. The first-order valence-corrected chi connectivity index (χ1v) is 5.31. The molecule has 0 aromatic carbocycles. The van der Waals surface area contributed by atoms with Gasteiger partial charge in [0.2, 0.25) is 11.8 Å². The number of hydrogen-bond acceptors (Lipinski definition) is 4. The van der Waals surface area contributed by atoms with Gasteiger partial charge in [-0.1, -0.05) is 0 Å². The number of rotatable bonds is 5. The molecule has 0 aliphatic carbocycles. The minimum Gasteiger partial charge on any atom is -0.481 e. The van der Waals surface area contributed by atoms with E-state index in [1.54, 1.807) is 0 Å². The van der Waals surface area contributed by atoms with E-state index in [1.807, 2.05) is 0 Å². The van der Waals surface area contributed by atoms with Gasteiger partial charge in [-0.2, -0.15) is 0 Å². The van der Waals surface area contributed by atoms with Crippen molar-refractivity contribution in [3.05, 3.63) is 23.6 Å². The van der Waals surface area contributed by atoms with Crippen LogP contribution in [0.4, 0.5) is 4.39 Å². The molecule has 17 heavy (non-hydrogen) atoms. The second-order valence-electron chi connectivity index (χ2n) is 3.19. The Hall–Kier alpha value is -1.40. The minimum absolute atomic E-state index is 0.139. The topological polar surface area (TPSA) is 71.5 Å². The van der Waals surface area contributed by atoms with Gasteiger partial charge in [0.05, 0.1) is 26.0 Å². The van der Waals surface area contributed by atoms with Gasteiger partial charge in [-0.25, -0.2) is 9.37 Å². The molecule has 1 heterocycles. The van der Waals surface area contributed by atoms with Crippen molar-refractivity contribution in [2.45, 2.75) is 6.04 Å². The Bertz CT molecular complexity index is 403. The van der Waals surface area contributed by atoms with Gasteiger partial charge in [-0.15, -0.1) is 11.6 Å². The van der Waals surface area contributed by atoms with Gasteiger partial charge in [0.1, 0.15) is 11.7 Å². The second kappa shape index (κ2) is 6.36. The largest absolute Gasteiger partial charge is 0.481 e. The van der Waals surface area contributed by atoms with Crippen molar-refractivity contribution in [1.82, 2.24) is 10.3 Å². The number of ether oxygens (including phenoxy) is 1. The van der Waals surface area contributed by atoms with Crippen molar-refractivity contribution >= 4 is 17.5 Å². The van der Waals surface area contributed by atoms with Crippen molar-refractivity contribution in [3.63, 3.8) is 0 Å². The summed E-state index contributed by atoms with van der Waals surface area (Å²) in [5, 5.41) is 11.6. The maximum Gasteiger partial charge on any atom is 0.235 e. The highest BCUT2D eigenvalue weighted by Crippen LogP contribution is 2.23. The molecule has 1 aromatic heterocycles. The summed E-state index contributed by atoms with van der Waals surface area (Å²) < 4.78 is 18.0. The standard InChI is InChI=1S/C10H12ClFN2O3/c1-17-10-7(2-6(12)4-13-10)8(5-15)14-9(16)3-11/h2,4,8,15H,3,5H2,1H3,(H,14,16). The van der Waals surface area contributed by atoms with Crippen LogP contribution in [0, 0.1) is 5.82 Å². The average molecular weight is 263 g/mol. The van der Waals surface area contributed by atoms with Crippen molar-refractivity contribution < 1.29 is 19.0 Å². The Morgan fingerprint density at radius 3 is 3.00 bits per heavy atom. The monoisotopic (exact) mass is 262 g/mol. The number of halogens is 2. The van der Waals surface area contributed by atoms with Crippen LogP contribution in [0.3, 0.4) is 0 Å². The number of hydrogen-bond donors (Lipinski definition) is 2. The summed E-state index contributed by atoms with van der Waals surface area (Å²) in [6.07, 6.45) is 0.986. The first kappa shape index (κ1) is 13.7. The maximum atomic E-state index is 13.1. The molecule has 0 bridgehead atoms. The third-order valence-electron chi connectivity index (χ3n) is 2.05. The molecule has 0 radical (unpaired) electrons. The highest BCUT2D eigenvalue weighted by atomic mass is 35.5. The van der Waals surface area contributed by atoms with Crippen LogP contribution in [0.15, 0.2) is 12.3 Å². The molecule has 0 spiro atoms. The minimum atomic E-state index is -0.806. The lowest BCUT2D eigenvalue weighted by molar-refractivity contribution is -0.119. The molecule has 1 amide bonds. The lowest BCUT2D eigenvalue weighted by Crippen LogP contribution is -2.32. The van der Waals surface area contributed by atoms with Crippen molar-refractivity contribution in [3.8, 4) is 5.88 Å². The summed E-state index contributed by atoms with van der Waals surface area (Å²) in [6.45, 7) is -0.413. The quantitative estimate of drug-likeness (QED) is 0.763. The number of alkyl halides is 1. The van der Waals surface area contributed by atoms with E-state index >= 15 is 0 Å². The average Bonchev–Trinajstić information content (AvgIpc) is 2.35. The number of nitrogens with one attached hydrogen (secondary N) is 1. The molecule has 1 aromatic rings. The molecular formula is C10H12ClFN2O3. The maximum absolute atomic E-state index is 13.1. The molecule has 5 nitrogen and oxygen atoms in total. The first-order chi connectivity index (χ1) is 8.12. The van der Waals surface area contributed by atoms with E-state index in [-0.39, 0.29) is 17.3 Å². The Labute approximate surface area is 103 Å². The normalized spacial score (nSPS) is 12.0. The molecule has 0 aliphatic rings. The summed E-state index contributed by atoms with van der Waals surface area (Å²) in [7, 11) is 1.36. The first-order valence-electron chi connectivity index (χ1n) is 4.78. The van der Waals surface area contributed by atoms with Gasteiger partial charge in [0.25, 0.3) is 0 Å². The summed E-state index contributed by atoms with van der Waals surface area (Å²) in [5.74, 6) is -1.17. The smallest absolute Gasteiger partial charge is 0.235 e. The predicted octanol–water partition coefficient (Wildman–Crippen LogP) is 0.618. The van der Waals surface area contributed by atoms with Gasteiger partial charge in [-0.3, -0.25) is 4.79 Å². The fourth-order valence-corrected chi connectivity index (χ4v) is 1.39. The van der Waals surface area contributed by atoms with E-state index in [2.05, 4.69) is 10.3 Å². The highest BCUT2D eigenvalue weighted by molar-refractivity contribution is 6.27. The predicted molar refractivity (Wildman–Crippen MR) is 59.4 cm³/mol. The number of nitrogens with zero attached hydrogens (tertiary/aromatic N) is 1. The Morgan fingerprint density at radius 1 is 1.76 bits per heavy atom. The molecule has 1 unspecified atom stereocenters.